The number of benzene rings is 1. The number of carbonyl (C=O) groups excluding carboxylic acids is 1. The number of hydrogen-bond donors (Lipinski definition) is 1. The van der Waals surface area contributed by atoms with Gasteiger partial charge in [-0.1, -0.05) is 30.3 Å². The Balaban J connectivity index is 1.57. The third-order valence-electron chi connectivity index (χ3n) is 3.79. The number of aromatic nitrogens is 1. The maximum absolute atomic E-state index is 11.5. The number of carbonyl (C=O) groups is 1. The monoisotopic (exact) mass is 301 g/mol. The molecule has 1 aromatic heterocycles. The molecule has 0 radical (unpaired) electrons. The summed E-state index contributed by atoms with van der Waals surface area (Å²) in [6.45, 7) is 1.56. The van der Waals surface area contributed by atoms with Crippen molar-refractivity contribution in [2.24, 2.45) is 0 Å². The Kier molecular flexibility index (Phi) is 4.31. The summed E-state index contributed by atoms with van der Waals surface area (Å²) in [5, 5.41) is 6.70. The van der Waals surface area contributed by atoms with Gasteiger partial charge in [-0.15, -0.1) is 11.3 Å². The molecule has 1 saturated heterocycles. The molecule has 3 rings (SSSR count). The molecule has 1 fully saturated rings. The molecular formula is C16H19N3OS. The Morgan fingerprint density at radius 2 is 2.19 bits per heavy atom. The van der Waals surface area contributed by atoms with Crippen LogP contribution in [-0.2, 0) is 11.3 Å². The first kappa shape index (κ1) is 14.2. The van der Waals surface area contributed by atoms with Gasteiger partial charge in [0.1, 0.15) is 5.01 Å². The zero-order chi connectivity index (χ0) is 14.7. The largest absolute Gasteiger partial charge is 0.344 e. The van der Waals surface area contributed by atoms with Gasteiger partial charge in [0.2, 0.25) is 5.91 Å². The van der Waals surface area contributed by atoms with Crippen LogP contribution in [0.2, 0.25) is 0 Å². The van der Waals surface area contributed by atoms with Crippen molar-refractivity contribution in [1.29, 1.82) is 0 Å². The van der Waals surface area contributed by atoms with Crippen LogP contribution in [-0.4, -0.2) is 35.4 Å². The van der Waals surface area contributed by atoms with Gasteiger partial charge in [-0.2, -0.15) is 0 Å². The van der Waals surface area contributed by atoms with E-state index in [9.17, 15) is 4.79 Å². The Hall–Kier alpha value is -1.72. The van der Waals surface area contributed by atoms with Crippen LogP contribution >= 0.6 is 11.3 Å². The Morgan fingerprint density at radius 1 is 1.38 bits per heavy atom. The summed E-state index contributed by atoms with van der Waals surface area (Å²) < 4.78 is 0. The number of hydrogen-bond acceptors (Lipinski definition) is 4. The van der Waals surface area contributed by atoms with Gasteiger partial charge in [0, 0.05) is 43.5 Å². The number of thiazole rings is 1. The Morgan fingerprint density at radius 3 is 2.95 bits per heavy atom. The molecular weight excluding hydrogens is 282 g/mol. The lowest BCUT2D eigenvalue weighted by atomic mass is 10.1. The normalized spacial score (nSPS) is 19.0. The predicted octanol–water partition coefficient (Wildman–Crippen LogP) is 2.52. The van der Waals surface area contributed by atoms with Gasteiger partial charge in [0.15, 0.2) is 0 Å². The van der Waals surface area contributed by atoms with E-state index in [-0.39, 0.29) is 5.91 Å². The topological polar surface area (TPSA) is 45.2 Å². The molecule has 1 amide bonds. The van der Waals surface area contributed by atoms with Gasteiger partial charge in [-0.25, -0.2) is 4.98 Å². The SMILES string of the molecule is CN1CC(NCc2nc(-c3ccccc3)cs2)CCC1=O. The molecule has 5 heteroatoms. The number of amides is 1. The molecule has 2 heterocycles. The lowest BCUT2D eigenvalue weighted by molar-refractivity contribution is -0.132. The molecule has 1 aromatic carbocycles. The third kappa shape index (κ3) is 3.49. The molecule has 1 N–H and O–H groups in total. The second-order valence-corrected chi connectivity index (χ2v) is 6.33. The fourth-order valence-electron chi connectivity index (χ4n) is 2.54. The van der Waals surface area contributed by atoms with Crippen LogP contribution in [0.5, 0.6) is 0 Å². The molecule has 4 nitrogen and oxygen atoms in total. The third-order valence-corrected chi connectivity index (χ3v) is 4.64. The van der Waals surface area contributed by atoms with Gasteiger partial charge in [-0.3, -0.25) is 4.79 Å². The number of piperidine rings is 1. The first-order chi connectivity index (χ1) is 10.2. The molecule has 0 aliphatic carbocycles. The van der Waals surface area contributed by atoms with E-state index in [4.69, 9.17) is 0 Å². The Bertz CT molecular complexity index is 611. The number of nitrogens with zero attached hydrogens (tertiary/aromatic N) is 2. The average Bonchev–Trinajstić information content (AvgIpc) is 2.98. The first-order valence-corrected chi connectivity index (χ1v) is 8.07. The quantitative estimate of drug-likeness (QED) is 0.944. The van der Waals surface area contributed by atoms with Gasteiger partial charge in [0.25, 0.3) is 0 Å². The fraction of sp³-hybridized carbons (Fsp3) is 0.375. The first-order valence-electron chi connectivity index (χ1n) is 7.19. The van der Waals surface area contributed by atoms with Gasteiger partial charge >= 0.3 is 0 Å². The lowest BCUT2D eigenvalue weighted by Crippen LogP contribution is -2.46. The Labute approximate surface area is 128 Å². The summed E-state index contributed by atoms with van der Waals surface area (Å²) >= 11 is 1.68. The van der Waals surface area contributed by atoms with Crippen LogP contribution in [0.15, 0.2) is 35.7 Å². The van der Waals surface area contributed by atoms with Gasteiger partial charge < -0.3 is 10.2 Å². The maximum atomic E-state index is 11.5. The highest BCUT2D eigenvalue weighted by Gasteiger charge is 2.22. The van der Waals surface area contributed by atoms with Crippen molar-refractivity contribution >= 4 is 17.2 Å². The van der Waals surface area contributed by atoms with Gasteiger partial charge in [-0.05, 0) is 6.42 Å². The van der Waals surface area contributed by atoms with E-state index in [0.717, 1.165) is 35.8 Å². The zero-order valence-electron chi connectivity index (χ0n) is 12.1. The summed E-state index contributed by atoms with van der Waals surface area (Å²) in [6, 6.07) is 10.6. The van der Waals surface area contributed by atoms with E-state index < -0.39 is 0 Å². The van der Waals surface area contributed by atoms with Crippen molar-refractivity contribution in [2.75, 3.05) is 13.6 Å². The van der Waals surface area contributed by atoms with E-state index in [1.165, 1.54) is 0 Å². The molecule has 1 atom stereocenters. The molecule has 1 unspecified atom stereocenters. The van der Waals surface area contributed by atoms with Crippen molar-refractivity contribution < 1.29 is 4.79 Å². The molecule has 2 aromatic rings. The summed E-state index contributed by atoms with van der Waals surface area (Å²) in [5.74, 6) is 0.244. The minimum atomic E-state index is 0.244. The summed E-state index contributed by atoms with van der Waals surface area (Å²) in [5.41, 5.74) is 2.19. The summed E-state index contributed by atoms with van der Waals surface area (Å²) in [7, 11) is 1.87. The predicted molar refractivity (Wildman–Crippen MR) is 85.0 cm³/mol. The minimum absolute atomic E-state index is 0.244. The van der Waals surface area contributed by atoms with E-state index in [0.29, 0.717) is 12.5 Å². The standard InChI is InChI=1S/C16H19N3OS/c1-19-10-13(7-8-16(19)20)17-9-15-18-14(11-21-15)12-5-3-2-4-6-12/h2-6,11,13,17H,7-10H2,1H3. The van der Waals surface area contributed by atoms with Crippen LogP contribution in [0.1, 0.15) is 17.8 Å². The van der Waals surface area contributed by atoms with Crippen molar-refractivity contribution in [3.63, 3.8) is 0 Å². The van der Waals surface area contributed by atoms with E-state index >= 15 is 0 Å². The summed E-state index contributed by atoms with van der Waals surface area (Å²) in [6.07, 6.45) is 1.56. The highest BCUT2D eigenvalue weighted by Crippen LogP contribution is 2.21. The number of likely N-dealkylation sites (tertiary alicyclic amines) is 1. The molecule has 0 spiro atoms. The van der Waals surface area contributed by atoms with Crippen LogP contribution in [0.4, 0.5) is 0 Å². The summed E-state index contributed by atoms with van der Waals surface area (Å²) in [4.78, 5) is 17.9. The van der Waals surface area contributed by atoms with Crippen molar-refractivity contribution in [3.05, 3.63) is 40.7 Å². The van der Waals surface area contributed by atoms with E-state index in [2.05, 4.69) is 27.8 Å². The van der Waals surface area contributed by atoms with E-state index in [1.54, 1.807) is 16.2 Å². The van der Waals surface area contributed by atoms with Crippen LogP contribution in [0.3, 0.4) is 0 Å². The smallest absolute Gasteiger partial charge is 0.222 e. The molecule has 0 bridgehead atoms. The highest BCUT2D eigenvalue weighted by atomic mass is 32.1. The number of nitrogens with one attached hydrogen (secondary N) is 1. The fourth-order valence-corrected chi connectivity index (χ4v) is 3.30. The molecule has 21 heavy (non-hydrogen) atoms. The van der Waals surface area contributed by atoms with Gasteiger partial charge in [0.05, 0.1) is 5.69 Å². The van der Waals surface area contributed by atoms with Crippen molar-refractivity contribution in [2.45, 2.75) is 25.4 Å². The molecule has 1 aliphatic rings. The molecule has 0 saturated carbocycles. The number of likely N-dealkylation sites (N-methyl/N-ethyl adjacent to an activating group) is 1. The average molecular weight is 301 g/mol. The van der Waals surface area contributed by atoms with Crippen molar-refractivity contribution in [1.82, 2.24) is 15.2 Å². The van der Waals surface area contributed by atoms with Crippen LogP contribution < -0.4 is 5.32 Å². The highest BCUT2D eigenvalue weighted by molar-refractivity contribution is 7.09. The molecule has 1 aliphatic heterocycles. The second-order valence-electron chi connectivity index (χ2n) is 5.38. The maximum Gasteiger partial charge on any atom is 0.222 e. The minimum Gasteiger partial charge on any atom is -0.344 e. The lowest BCUT2D eigenvalue weighted by Gasteiger charge is -2.30. The van der Waals surface area contributed by atoms with Crippen LogP contribution in [0, 0.1) is 0 Å². The number of rotatable bonds is 4. The van der Waals surface area contributed by atoms with E-state index in [1.807, 2.05) is 25.2 Å². The second kappa shape index (κ2) is 6.37. The van der Waals surface area contributed by atoms with Crippen molar-refractivity contribution in [3.8, 4) is 11.3 Å². The van der Waals surface area contributed by atoms with Crippen LogP contribution in [0.25, 0.3) is 11.3 Å². The molecule has 110 valence electrons. The zero-order valence-corrected chi connectivity index (χ0v) is 12.9.